The fourth-order valence-electron chi connectivity index (χ4n) is 8.79. The monoisotopic (exact) mass is 744 g/mol. The van der Waals surface area contributed by atoms with Gasteiger partial charge in [-0.05, 0) is 47.5 Å². The molecule has 12 rings (SSSR count). The Bertz CT molecular complexity index is 3540. The third-order valence-corrected chi connectivity index (χ3v) is 11.3. The molecule has 0 aliphatic rings. The predicted octanol–water partition coefficient (Wildman–Crippen LogP) is 13.4. The molecule has 12 aromatic rings. The Morgan fingerprint density at radius 2 is 1.02 bits per heavy atom. The molecule has 8 aromatic carbocycles. The first kappa shape index (κ1) is 32.4. The largest absolute Gasteiger partial charge is 0.456 e. The van der Waals surface area contributed by atoms with Crippen LogP contribution in [0.25, 0.3) is 105 Å². The molecule has 6 nitrogen and oxygen atoms in total. The van der Waals surface area contributed by atoms with E-state index in [1.54, 1.807) is 0 Å². The summed E-state index contributed by atoms with van der Waals surface area (Å²) in [5.74, 6) is 1.89. The highest BCUT2D eigenvalue weighted by atomic mass is 16.3. The van der Waals surface area contributed by atoms with Gasteiger partial charge in [-0.2, -0.15) is 0 Å². The first-order chi connectivity index (χ1) is 28.8. The van der Waals surface area contributed by atoms with Crippen LogP contribution >= 0.6 is 0 Å². The molecule has 0 unspecified atom stereocenters. The summed E-state index contributed by atoms with van der Waals surface area (Å²) in [5.41, 5.74) is 11.5. The molecule has 58 heavy (non-hydrogen) atoms. The van der Waals surface area contributed by atoms with Gasteiger partial charge >= 0.3 is 0 Å². The first-order valence-corrected chi connectivity index (χ1v) is 19.5. The van der Waals surface area contributed by atoms with Gasteiger partial charge in [0.1, 0.15) is 28.2 Å². The van der Waals surface area contributed by atoms with E-state index in [-0.39, 0.29) is 0 Å². The lowest BCUT2D eigenvalue weighted by atomic mass is 10.0. The lowest BCUT2D eigenvalue weighted by Gasteiger charge is -2.14. The Kier molecular flexibility index (Phi) is 7.19. The van der Waals surface area contributed by atoms with E-state index < -0.39 is 0 Å². The molecule has 0 N–H and O–H groups in total. The van der Waals surface area contributed by atoms with Gasteiger partial charge in [0.25, 0.3) is 0 Å². The van der Waals surface area contributed by atoms with E-state index in [9.17, 15) is 0 Å². The van der Waals surface area contributed by atoms with Crippen LogP contribution in [0.15, 0.2) is 191 Å². The molecule has 0 saturated heterocycles. The Morgan fingerprint density at radius 1 is 0.414 bits per heavy atom. The molecule has 0 aliphatic heterocycles. The maximum atomic E-state index is 6.76. The van der Waals surface area contributed by atoms with Crippen LogP contribution in [0.5, 0.6) is 0 Å². The van der Waals surface area contributed by atoms with E-state index in [4.69, 9.17) is 23.8 Å². The number of hydrogen-bond acceptors (Lipinski definition) is 5. The van der Waals surface area contributed by atoms with Crippen molar-refractivity contribution in [2.24, 2.45) is 0 Å². The van der Waals surface area contributed by atoms with Gasteiger partial charge in [0, 0.05) is 50.0 Å². The highest BCUT2D eigenvalue weighted by molar-refractivity contribution is 6.18. The predicted molar refractivity (Wildman–Crippen MR) is 234 cm³/mol. The summed E-state index contributed by atoms with van der Waals surface area (Å²) >= 11 is 0. The number of rotatable bonds is 6. The lowest BCUT2D eigenvalue weighted by molar-refractivity contribution is 0.669. The van der Waals surface area contributed by atoms with Crippen LogP contribution < -0.4 is 0 Å². The summed E-state index contributed by atoms with van der Waals surface area (Å²) in [5, 5.41) is 6.37. The van der Waals surface area contributed by atoms with Gasteiger partial charge < -0.3 is 13.4 Å². The highest BCUT2D eigenvalue weighted by Crippen LogP contribution is 2.43. The van der Waals surface area contributed by atoms with Crippen LogP contribution in [-0.2, 0) is 6.42 Å². The van der Waals surface area contributed by atoms with Crippen molar-refractivity contribution in [3.8, 4) is 39.6 Å². The van der Waals surface area contributed by atoms with Gasteiger partial charge in [-0.3, -0.25) is 0 Å². The molecule has 4 heterocycles. The van der Waals surface area contributed by atoms with Crippen LogP contribution in [0.1, 0.15) is 11.4 Å². The van der Waals surface area contributed by atoms with Crippen LogP contribution in [0.3, 0.4) is 0 Å². The van der Waals surface area contributed by atoms with Gasteiger partial charge in [0.2, 0.25) is 0 Å². The molecule has 0 atom stereocenters. The van der Waals surface area contributed by atoms with Gasteiger partial charge in [0.15, 0.2) is 11.6 Å². The average Bonchev–Trinajstić information content (AvgIpc) is 3.97. The van der Waals surface area contributed by atoms with Crippen molar-refractivity contribution >= 4 is 65.7 Å². The molecule has 4 aromatic heterocycles. The molecule has 6 heteroatoms. The van der Waals surface area contributed by atoms with Crippen molar-refractivity contribution in [1.29, 1.82) is 0 Å². The van der Waals surface area contributed by atoms with Gasteiger partial charge in [-0.1, -0.05) is 146 Å². The van der Waals surface area contributed by atoms with E-state index in [2.05, 4.69) is 144 Å². The molecule has 0 radical (unpaired) electrons. The Balaban J connectivity index is 1.15. The molecular weight excluding hydrogens is 713 g/mol. The van der Waals surface area contributed by atoms with E-state index >= 15 is 0 Å². The third-order valence-electron chi connectivity index (χ3n) is 11.3. The molecule has 0 aliphatic carbocycles. The van der Waals surface area contributed by atoms with E-state index in [1.165, 1.54) is 0 Å². The van der Waals surface area contributed by atoms with Crippen molar-refractivity contribution in [2.75, 3.05) is 0 Å². The van der Waals surface area contributed by atoms with E-state index in [0.29, 0.717) is 23.9 Å². The van der Waals surface area contributed by atoms with Crippen LogP contribution in [-0.4, -0.2) is 19.5 Å². The second-order valence-electron chi connectivity index (χ2n) is 14.7. The summed E-state index contributed by atoms with van der Waals surface area (Å²) in [6.07, 6.45) is 0.550. The first-order valence-electron chi connectivity index (χ1n) is 19.5. The second kappa shape index (κ2) is 12.9. The van der Waals surface area contributed by atoms with Crippen LogP contribution in [0.4, 0.5) is 0 Å². The smallest absolute Gasteiger partial charge is 0.165 e. The summed E-state index contributed by atoms with van der Waals surface area (Å²) in [7, 11) is 0. The van der Waals surface area contributed by atoms with Gasteiger partial charge in [-0.15, -0.1) is 0 Å². The van der Waals surface area contributed by atoms with Crippen molar-refractivity contribution in [2.45, 2.75) is 6.42 Å². The third kappa shape index (κ3) is 5.02. The highest BCUT2D eigenvalue weighted by Gasteiger charge is 2.24. The number of hydrogen-bond donors (Lipinski definition) is 0. The lowest BCUT2D eigenvalue weighted by Crippen LogP contribution is -2.05. The number of benzene rings is 8. The Labute approximate surface area is 332 Å². The molecule has 0 fully saturated rings. The maximum Gasteiger partial charge on any atom is 0.165 e. The summed E-state index contributed by atoms with van der Waals surface area (Å²) in [6, 6.07) is 62.9. The minimum absolute atomic E-state index is 0.550. The number of furan rings is 2. The number of aromatic nitrogens is 4. The van der Waals surface area contributed by atoms with Crippen molar-refractivity contribution in [3.63, 3.8) is 0 Å². The van der Waals surface area contributed by atoms with E-state index in [0.717, 1.165) is 99.2 Å². The molecule has 0 saturated carbocycles. The Morgan fingerprint density at radius 3 is 1.86 bits per heavy atom. The minimum atomic E-state index is 0.550. The fourth-order valence-corrected chi connectivity index (χ4v) is 8.79. The Hall–Kier alpha value is -7.83. The standard InChI is InChI=1S/C52H32N4O2/c1-3-15-32(16-4-1)31-46-53-51(39-24-13-29-44-47(39)37-20-8-10-28-43(37)57-44)55-52(54-46)40-25-12-22-36-35-19-7-9-26-41(35)56(49(36)40)42-27-14-30-45-48(42)38-23-11-21-34(50(38)58-45)33-17-5-2-6-18-33/h1-30H,31H2. The van der Waals surface area contributed by atoms with Crippen molar-refractivity contribution in [3.05, 3.63) is 193 Å². The normalized spacial score (nSPS) is 11.9. The van der Waals surface area contributed by atoms with Crippen molar-refractivity contribution < 1.29 is 8.83 Å². The zero-order chi connectivity index (χ0) is 38.2. The van der Waals surface area contributed by atoms with Gasteiger partial charge in [-0.25, -0.2) is 15.0 Å². The molecule has 0 amide bonds. The maximum absolute atomic E-state index is 6.76. The quantitative estimate of drug-likeness (QED) is 0.170. The molecule has 272 valence electrons. The number of fused-ring (bicyclic) bond motifs is 9. The number of nitrogens with zero attached hydrogens (tertiary/aromatic N) is 4. The summed E-state index contributed by atoms with van der Waals surface area (Å²) < 4.78 is 15.5. The molecule has 0 bridgehead atoms. The van der Waals surface area contributed by atoms with E-state index in [1.807, 2.05) is 42.5 Å². The van der Waals surface area contributed by atoms with Crippen LogP contribution in [0.2, 0.25) is 0 Å². The second-order valence-corrected chi connectivity index (χ2v) is 14.7. The topological polar surface area (TPSA) is 69.9 Å². The van der Waals surface area contributed by atoms with Crippen LogP contribution in [0, 0.1) is 0 Å². The SMILES string of the molecule is c1ccc(Cc2nc(-c3cccc4oc5ccccc5c34)nc(-c3cccc4c5ccccc5n(-c5cccc6oc7c(-c8ccccc8)cccc7c56)c34)n2)cc1. The average molecular weight is 745 g/mol. The summed E-state index contributed by atoms with van der Waals surface area (Å²) in [6.45, 7) is 0. The minimum Gasteiger partial charge on any atom is -0.456 e. The van der Waals surface area contributed by atoms with Crippen molar-refractivity contribution in [1.82, 2.24) is 19.5 Å². The summed E-state index contributed by atoms with van der Waals surface area (Å²) in [4.78, 5) is 15.8. The fraction of sp³-hybridized carbons (Fsp3) is 0.0192. The zero-order valence-electron chi connectivity index (χ0n) is 31.1. The van der Waals surface area contributed by atoms with Gasteiger partial charge in [0.05, 0.1) is 22.1 Å². The molecule has 0 spiro atoms. The zero-order valence-corrected chi connectivity index (χ0v) is 31.1. The number of para-hydroxylation sites is 4. The molecular formula is C52H32N4O2.